The Labute approximate surface area is 267 Å². The topological polar surface area (TPSA) is 103 Å². The number of aromatic nitrogens is 2. The molecule has 0 saturated carbocycles. The molecule has 4 rings (SSSR count). The van der Waals surface area contributed by atoms with Gasteiger partial charge in [0, 0.05) is 57.9 Å². The molecule has 0 atom stereocenters. The number of hydrogen-bond acceptors (Lipinski definition) is 7. The van der Waals surface area contributed by atoms with Crippen LogP contribution in [0.5, 0.6) is 0 Å². The zero-order valence-electron chi connectivity index (χ0n) is 26.1. The average molecular weight is 704 g/mol. The lowest BCUT2D eigenvalue weighted by Crippen LogP contribution is -2.50. The van der Waals surface area contributed by atoms with E-state index in [-0.39, 0.29) is 38.0 Å². The van der Waals surface area contributed by atoms with E-state index in [1.807, 2.05) is 69.6 Å². The van der Waals surface area contributed by atoms with E-state index in [9.17, 15) is 14.4 Å². The van der Waals surface area contributed by atoms with Crippen molar-refractivity contribution in [2.45, 2.75) is 53.3 Å². The first-order valence-corrected chi connectivity index (χ1v) is 15.6. The van der Waals surface area contributed by atoms with Gasteiger partial charge in [0.1, 0.15) is 15.8 Å². The van der Waals surface area contributed by atoms with Gasteiger partial charge in [0.05, 0.1) is 12.1 Å². The van der Waals surface area contributed by atoms with Crippen molar-refractivity contribution in [3.63, 3.8) is 0 Å². The summed E-state index contributed by atoms with van der Waals surface area (Å²) in [6, 6.07) is 12.2. The summed E-state index contributed by atoms with van der Waals surface area (Å²) in [4.78, 5) is 43.0. The minimum absolute atomic E-state index is 0.00793. The third-order valence-electron chi connectivity index (χ3n) is 7.54. The van der Waals surface area contributed by atoms with Crippen molar-refractivity contribution < 1.29 is 19.1 Å². The number of nitrogens with zero attached hydrogens (tertiary/aromatic N) is 6. The van der Waals surface area contributed by atoms with Crippen LogP contribution in [0.15, 0.2) is 36.4 Å². The highest BCUT2D eigenvalue weighted by Crippen LogP contribution is 2.27. The molecule has 232 valence electrons. The second-order valence-corrected chi connectivity index (χ2v) is 12.9. The molecule has 3 aromatic rings. The molecule has 11 nitrogen and oxygen atoms in total. The molecule has 0 fully saturated rings. The van der Waals surface area contributed by atoms with Crippen LogP contribution in [0.2, 0.25) is 0 Å². The van der Waals surface area contributed by atoms with Gasteiger partial charge in [0.15, 0.2) is 0 Å². The molecule has 0 aliphatic carbocycles. The van der Waals surface area contributed by atoms with Crippen LogP contribution in [0.3, 0.4) is 0 Å². The summed E-state index contributed by atoms with van der Waals surface area (Å²) in [7, 11) is 3.63. The summed E-state index contributed by atoms with van der Waals surface area (Å²) in [5, 5.41) is 12.4. The van der Waals surface area contributed by atoms with Gasteiger partial charge in [-0.25, -0.2) is 9.80 Å². The molecule has 2 aromatic carbocycles. The quantitative estimate of drug-likeness (QED) is 0.313. The highest BCUT2D eigenvalue weighted by Gasteiger charge is 2.28. The Morgan fingerprint density at radius 1 is 1.05 bits per heavy atom. The minimum Gasteiger partial charge on any atom is -0.444 e. The second kappa shape index (κ2) is 13.5. The number of nitrogens with one attached hydrogen (secondary N) is 1. The fraction of sp³-hybridized carbons (Fsp3) is 0.484. The van der Waals surface area contributed by atoms with Gasteiger partial charge >= 0.3 is 6.09 Å². The number of aryl methyl sites for hydroxylation is 2. The molecule has 12 heteroatoms. The number of anilines is 1. The van der Waals surface area contributed by atoms with Gasteiger partial charge in [-0.05, 0) is 86.0 Å². The molecular weight excluding hydrogens is 661 g/mol. The van der Waals surface area contributed by atoms with E-state index in [1.54, 1.807) is 17.0 Å². The number of fused-ring (bicyclic) bond motifs is 2. The van der Waals surface area contributed by atoms with E-state index in [1.165, 1.54) is 16.0 Å². The predicted octanol–water partition coefficient (Wildman–Crippen LogP) is 4.37. The SMILES string of the molecule is CCN(CCN(CC(=O)N(C)N1Cc2ccccc2C1)C(=O)CNc1cc2c(cc1C)c(I)nn2C)C(=O)OC(C)(C)C. The number of amides is 3. The molecule has 0 unspecified atom stereocenters. The van der Waals surface area contributed by atoms with E-state index < -0.39 is 11.7 Å². The van der Waals surface area contributed by atoms with Crippen LogP contribution in [0.25, 0.3) is 10.9 Å². The van der Waals surface area contributed by atoms with Crippen LogP contribution in [0, 0.1) is 10.6 Å². The van der Waals surface area contributed by atoms with E-state index >= 15 is 0 Å². The molecule has 0 radical (unpaired) electrons. The summed E-state index contributed by atoms with van der Waals surface area (Å²) in [5.41, 5.74) is 4.50. The number of ether oxygens (including phenoxy) is 1. The minimum atomic E-state index is -0.638. The Kier molecular flexibility index (Phi) is 10.2. The predicted molar refractivity (Wildman–Crippen MR) is 175 cm³/mol. The van der Waals surface area contributed by atoms with E-state index in [0.717, 1.165) is 25.9 Å². The van der Waals surface area contributed by atoms with Crippen molar-refractivity contribution in [1.29, 1.82) is 0 Å². The number of benzene rings is 2. The van der Waals surface area contributed by atoms with Gasteiger partial charge in [-0.3, -0.25) is 19.3 Å². The number of halogens is 1. The fourth-order valence-electron chi connectivity index (χ4n) is 5.03. The summed E-state index contributed by atoms with van der Waals surface area (Å²) >= 11 is 2.22. The molecule has 0 bridgehead atoms. The molecule has 1 aliphatic heterocycles. The van der Waals surface area contributed by atoms with Crippen molar-refractivity contribution in [2.24, 2.45) is 7.05 Å². The van der Waals surface area contributed by atoms with Crippen molar-refractivity contribution >= 4 is 57.1 Å². The van der Waals surface area contributed by atoms with E-state index in [4.69, 9.17) is 4.74 Å². The normalized spacial score (nSPS) is 13.1. The standard InChI is InChI=1S/C31H42IN7O4/c1-8-37(30(42)43-31(3,4)5)13-14-38(20-28(41)36(7)39-18-22-11-9-10-12-23(22)19-39)27(40)17-33-25-16-26-24(15-21(25)2)29(32)34-35(26)6/h9-12,15-16,33H,8,13-14,17-20H2,1-7H3. The van der Waals surface area contributed by atoms with Gasteiger partial charge in [-0.2, -0.15) is 5.10 Å². The molecule has 1 N–H and O–H groups in total. The van der Waals surface area contributed by atoms with Gasteiger partial charge in [0.25, 0.3) is 5.91 Å². The Balaban J connectivity index is 1.47. The lowest BCUT2D eigenvalue weighted by molar-refractivity contribution is -0.151. The summed E-state index contributed by atoms with van der Waals surface area (Å²) in [5.74, 6) is -0.450. The highest BCUT2D eigenvalue weighted by molar-refractivity contribution is 14.1. The summed E-state index contributed by atoms with van der Waals surface area (Å²) in [6.45, 7) is 11.3. The molecule has 3 amide bonds. The highest BCUT2D eigenvalue weighted by atomic mass is 127. The largest absolute Gasteiger partial charge is 0.444 e. The molecule has 0 saturated heterocycles. The Morgan fingerprint density at radius 2 is 1.67 bits per heavy atom. The lowest BCUT2D eigenvalue weighted by Gasteiger charge is -2.32. The van der Waals surface area contributed by atoms with Crippen LogP contribution >= 0.6 is 22.6 Å². The molecule has 1 aromatic heterocycles. The number of rotatable bonds is 10. The third-order valence-corrected chi connectivity index (χ3v) is 8.34. The van der Waals surface area contributed by atoms with E-state index in [2.05, 4.69) is 51.2 Å². The van der Waals surface area contributed by atoms with Crippen LogP contribution in [-0.2, 0) is 34.5 Å². The number of likely N-dealkylation sites (N-methyl/N-ethyl adjacent to an activating group) is 2. The Morgan fingerprint density at radius 3 is 2.28 bits per heavy atom. The molecule has 1 aliphatic rings. The fourth-order valence-corrected chi connectivity index (χ4v) is 5.79. The first-order chi connectivity index (χ1) is 20.3. The van der Waals surface area contributed by atoms with Gasteiger partial charge in [0.2, 0.25) is 5.91 Å². The van der Waals surface area contributed by atoms with Crippen LogP contribution in [0.1, 0.15) is 44.4 Å². The average Bonchev–Trinajstić information content (AvgIpc) is 3.49. The smallest absolute Gasteiger partial charge is 0.410 e. The maximum absolute atomic E-state index is 13.6. The van der Waals surface area contributed by atoms with Crippen molar-refractivity contribution in [1.82, 2.24) is 29.6 Å². The maximum atomic E-state index is 13.6. The zero-order valence-corrected chi connectivity index (χ0v) is 28.3. The van der Waals surface area contributed by atoms with Crippen molar-refractivity contribution in [3.8, 4) is 0 Å². The second-order valence-electron chi connectivity index (χ2n) is 11.8. The molecular formula is C31H42IN7O4. The number of hydrogen-bond donors (Lipinski definition) is 1. The summed E-state index contributed by atoms with van der Waals surface area (Å²) < 4.78 is 8.28. The molecule has 0 spiro atoms. The molecule has 43 heavy (non-hydrogen) atoms. The van der Waals surface area contributed by atoms with Crippen LogP contribution in [0.4, 0.5) is 10.5 Å². The lowest BCUT2D eigenvalue weighted by atomic mass is 10.1. The Hall–Kier alpha value is -3.39. The number of carbonyl (C=O) groups excluding carboxylic acids is 3. The third kappa shape index (κ3) is 7.96. The first kappa shape index (κ1) is 32.5. The number of carbonyl (C=O) groups is 3. The number of hydrazine groups is 1. The van der Waals surface area contributed by atoms with Gasteiger partial charge in [-0.1, -0.05) is 24.3 Å². The Bertz CT molecular complexity index is 1470. The molecule has 2 heterocycles. The maximum Gasteiger partial charge on any atom is 0.410 e. The van der Waals surface area contributed by atoms with Crippen molar-refractivity contribution in [3.05, 3.63) is 56.8 Å². The first-order valence-electron chi connectivity index (χ1n) is 14.5. The van der Waals surface area contributed by atoms with Crippen molar-refractivity contribution in [2.75, 3.05) is 45.1 Å². The zero-order chi connectivity index (χ0) is 31.5. The van der Waals surface area contributed by atoms with Gasteiger partial charge < -0.3 is 19.9 Å². The van der Waals surface area contributed by atoms with Crippen LogP contribution < -0.4 is 5.32 Å². The monoisotopic (exact) mass is 703 g/mol. The van der Waals surface area contributed by atoms with E-state index in [0.29, 0.717) is 19.6 Å². The summed E-state index contributed by atoms with van der Waals surface area (Å²) in [6.07, 6.45) is -0.450. The van der Waals surface area contributed by atoms with Crippen LogP contribution in [-0.4, -0.2) is 92.9 Å². The van der Waals surface area contributed by atoms with Gasteiger partial charge in [-0.15, -0.1) is 0 Å².